The van der Waals surface area contributed by atoms with Gasteiger partial charge in [-0.2, -0.15) is 0 Å². The van der Waals surface area contributed by atoms with E-state index >= 15 is 0 Å². The molecule has 2 atom stereocenters. The van der Waals surface area contributed by atoms with Gasteiger partial charge in [0.15, 0.2) is 0 Å². The van der Waals surface area contributed by atoms with Crippen LogP contribution in [0.25, 0.3) is 0 Å². The molecule has 1 amide bonds. The minimum atomic E-state index is -0.548. The fraction of sp³-hybridized carbons (Fsp3) is 0.500. The molecule has 3 N–H and O–H groups in total. The Morgan fingerprint density at radius 2 is 2.28 bits per heavy atom. The van der Waals surface area contributed by atoms with E-state index in [1.165, 1.54) is 6.42 Å². The van der Waals surface area contributed by atoms with Crippen LogP contribution in [0.5, 0.6) is 5.75 Å². The molecule has 0 radical (unpaired) electrons. The molecule has 98 valence electrons. The molecule has 1 aliphatic rings. The minimum absolute atomic E-state index is 0.151. The van der Waals surface area contributed by atoms with Crippen molar-refractivity contribution in [3.05, 3.63) is 23.8 Å². The number of carbonyl (C=O) groups excluding carboxylic acids is 1. The number of hydrogen-bond acceptors (Lipinski definition) is 3. The second kappa shape index (κ2) is 5.40. The zero-order chi connectivity index (χ0) is 13.1. The van der Waals surface area contributed by atoms with E-state index in [0.29, 0.717) is 12.5 Å². The van der Waals surface area contributed by atoms with Crippen molar-refractivity contribution in [2.24, 2.45) is 11.7 Å². The average molecular weight is 248 g/mol. The lowest BCUT2D eigenvalue weighted by atomic mass is 10.1. The summed E-state index contributed by atoms with van der Waals surface area (Å²) in [6.07, 6.45) is 2.33. The third-order valence-corrected chi connectivity index (χ3v) is 3.22. The summed E-state index contributed by atoms with van der Waals surface area (Å²) in [7, 11) is 0. The Labute approximate surface area is 108 Å². The van der Waals surface area contributed by atoms with E-state index in [1.807, 2.05) is 18.2 Å². The fourth-order valence-corrected chi connectivity index (χ4v) is 2.17. The molecule has 2 unspecified atom stereocenters. The smallest absolute Gasteiger partial charge is 0.245 e. The summed E-state index contributed by atoms with van der Waals surface area (Å²) in [4.78, 5) is 11.4. The van der Waals surface area contributed by atoms with Gasteiger partial charge in [0.05, 0.1) is 6.61 Å². The lowest BCUT2D eigenvalue weighted by Gasteiger charge is -2.12. The second-order valence-electron chi connectivity index (χ2n) is 4.92. The first-order valence-electron chi connectivity index (χ1n) is 6.45. The van der Waals surface area contributed by atoms with E-state index in [0.717, 1.165) is 23.4 Å². The number of rotatable bonds is 5. The van der Waals surface area contributed by atoms with Crippen molar-refractivity contribution in [3.63, 3.8) is 0 Å². The molecule has 2 rings (SSSR count). The molecule has 1 aromatic carbocycles. The Balaban J connectivity index is 2.00. The van der Waals surface area contributed by atoms with Crippen LogP contribution >= 0.6 is 0 Å². The van der Waals surface area contributed by atoms with Crippen molar-refractivity contribution >= 4 is 11.6 Å². The van der Waals surface area contributed by atoms with Crippen LogP contribution in [-0.2, 0) is 4.79 Å². The zero-order valence-corrected chi connectivity index (χ0v) is 10.9. The first-order chi connectivity index (χ1) is 8.61. The number of amides is 1. The highest BCUT2D eigenvalue weighted by Crippen LogP contribution is 2.32. The number of hydrogen-bond donors (Lipinski definition) is 2. The Morgan fingerprint density at radius 1 is 1.50 bits per heavy atom. The molecule has 4 nitrogen and oxygen atoms in total. The quantitative estimate of drug-likeness (QED) is 0.841. The third kappa shape index (κ3) is 2.64. The van der Waals surface area contributed by atoms with Crippen molar-refractivity contribution < 1.29 is 9.53 Å². The van der Waals surface area contributed by atoms with Gasteiger partial charge in [-0.25, -0.2) is 0 Å². The highest BCUT2D eigenvalue weighted by atomic mass is 16.5. The topological polar surface area (TPSA) is 64.3 Å². The van der Waals surface area contributed by atoms with Crippen LogP contribution in [0, 0.1) is 5.92 Å². The number of nitrogens with one attached hydrogen (secondary N) is 1. The number of nitrogens with two attached hydrogens (primary N) is 1. The van der Waals surface area contributed by atoms with Gasteiger partial charge in [-0.3, -0.25) is 4.79 Å². The van der Waals surface area contributed by atoms with Gasteiger partial charge in [0, 0.05) is 17.3 Å². The van der Waals surface area contributed by atoms with Gasteiger partial charge < -0.3 is 15.8 Å². The van der Waals surface area contributed by atoms with Crippen LogP contribution in [0.3, 0.4) is 0 Å². The molecule has 1 aromatic rings. The van der Waals surface area contributed by atoms with E-state index in [-0.39, 0.29) is 5.91 Å². The summed E-state index contributed by atoms with van der Waals surface area (Å²) in [5.74, 6) is 1.17. The first kappa shape index (κ1) is 12.9. The van der Waals surface area contributed by atoms with Gasteiger partial charge in [0.2, 0.25) is 5.91 Å². The van der Waals surface area contributed by atoms with Crippen molar-refractivity contribution in [1.82, 2.24) is 0 Å². The van der Waals surface area contributed by atoms with E-state index in [4.69, 9.17) is 10.5 Å². The lowest BCUT2D eigenvalue weighted by molar-refractivity contribution is -0.116. The molecular weight excluding hydrogens is 228 g/mol. The maximum Gasteiger partial charge on any atom is 0.245 e. The summed E-state index contributed by atoms with van der Waals surface area (Å²) >= 11 is 0. The van der Waals surface area contributed by atoms with Crippen LogP contribution in [0.2, 0.25) is 0 Å². The van der Waals surface area contributed by atoms with E-state index in [2.05, 4.69) is 19.2 Å². The van der Waals surface area contributed by atoms with Gasteiger partial charge in [0.1, 0.15) is 11.8 Å². The van der Waals surface area contributed by atoms with Crippen LogP contribution < -0.4 is 15.8 Å². The van der Waals surface area contributed by atoms with Crippen LogP contribution in [0.15, 0.2) is 18.2 Å². The Morgan fingerprint density at radius 3 is 3.00 bits per heavy atom. The van der Waals surface area contributed by atoms with Gasteiger partial charge in [-0.05, 0) is 18.4 Å². The predicted octanol–water partition coefficient (Wildman–Crippen LogP) is 2.45. The molecule has 18 heavy (non-hydrogen) atoms. The summed E-state index contributed by atoms with van der Waals surface area (Å²) in [6.45, 7) is 5.05. The minimum Gasteiger partial charge on any atom is -0.493 e. The molecule has 0 aliphatic carbocycles. The van der Waals surface area contributed by atoms with Gasteiger partial charge >= 0.3 is 0 Å². The molecule has 0 saturated carbocycles. The molecule has 4 heteroatoms. The monoisotopic (exact) mass is 248 g/mol. The largest absolute Gasteiger partial charge is 0.493 e. The lowest BCUT2D eigenvalue weighted by Crippen LogP contribution is -2.19. The van der Waals surface area contributed by atoms with E-state index < -0.39 is 6.04 Å². The predicted molar refractivity (Wildman–Crippen MR) is 71.6 cm³/mol. The SMILES string of the molecule is CCCC(C)COc1ccc2c(c1)NC(=O)C2N. The molecule has 0 bridgehead atoms. The van der Waals surface area contributed by atoms with Crippen molar-refractivity contribution in [2.45, 2.75) is 32.7 Å². The van der Waals surface area contributed by atoms with Crippen molar-refractivity contribution in [3.8, 4) is 5.75 Å². The van der Waals surface area contributed by atoms with Gasteiger partial charge in [-0.1, -0.05) is 26.3 Å². The van der Waals surface area contributed by atoms with Gasteiger partial charge in [-0.15, -0.1) is 0 Å². The number of ether oxygens (including phenoxy) is 1. The van der Waals surface area contributed by atoms with E-state index in [9.17, 15) is 4.79 Å². The number of fused-ring (bicyclic) bond motifs is 1. The van der Waals surface area contributed by atoms with Crippen molar-refractivity contribution in [2.75, 3.05) is 11.9 Å². The van der Waals surface area contributed by atoms with Crippen molar-refractivity contribution in [1.29, 1.82) is 0 Å². The van der Waals surface area contributed by atoms with Crippen LogP contribution in [0.1, 0.15) is 38.3 Å². The molecule has 0 aromatic heterocycles. The highest BCUT2D eigenvalue weighted by Gasteiger charge is 2.27. The molecular formula is C14H20N2O2. The average Bonchev–Trinajstić information content (AvgIpc) is 2.63. The normalized spacial score (nSPS) is 19.3. The Kier molecular flexibility index (Phi) is 3.87. The molecule has 1 heterocycles. The van der Waals surface area contributed by atoms with Crippen LogP contribution in [0.4, 0.5) is 5.69 Å². The van der Waals surface area contributed by atoms with Gasteiger partial charge in [0.25, 0.3) is 0 Å². The zero-order valence-electron chi connectivity index (χ0n) is 10.9. The first-order valence-corrected chi connectivity index (χ1v) is 6.45. The maximum atomic E-state index is 11.4. The number of anilines is 1. The maximum absolute atomic E-state index is 11.4. The number of carbonyl (C=O) groups is 1. The Bertz CT molecular complexity index is 445. The highest BCUT2D eigenvalue weighted by molar-refractivity contribution is 6.02. The summed E-state index contributed by atoms with van der Waals surface area (Å²) in [5.41, 5.74) is 7.36. The number of benzene rings is 1. The third-order valence-electron chi connectivity index (χ3n) is 3.22. The fourth-order valence-electron chi connectivity index (χ4n) is 2.17. The second-order valence-corrected chi connectivity index (χ2v) is 4.92. The summed E-state index contributed by atoms with van der Waals surface area (Å²) in [6, 6.07) is 5.03. The molecule has 0 fully saturated rings. The van der Waals surface area contributed by atoms with E-state index in [1.54, 1.807) is 0 Å². The molecule has 0 saturated heterocycles. The Hall–Kier alpha value is -1.55. The molecule has 1 aliphatic heterocycles. The van der Waals surface area contributed by atoms with Crippen LogP contribution in [-0.4, -0.2) is 12.5 Å². The molecule has 0 spiro atoms. The summed E-state index contributed by atoms with van der Waals surface area (Å²) in [5, 5.41) is 2.76. The summed E-state index contributed by atoms with van der Waals surface area (Å²) < 4.78 is 5.72. The standard InChI is InChI=1S/C14H20N2O2/c1-3-4-9(2)8-18-10-5-6-11-12(7-10)16-14(17)13(11)15/h5-7,9,13H,3-4,8,15H2,1-2H3,(H,16,17).